The van der Waals surface area contributed by atoms with E-state index in [0.29, 0.717) is 29.1 Å². The summed E-state index contributed by atoms with van der Waals surface area (Å²) in [5.41, 5.74) is 5.23. The lowest BCUT2D eigenvalue weighted by atomic mass is 10.00. The molecule has 4 aromatic rings. The third-order valence-electron chi connectivity index (χ3n) is 6.50. The molecule has 0 aliphatic heterocycles. The summed E-state index contributed by atoms with van der Waals surface area (Å²) in [5.74, 6) is -0.231. The van der Waals surface area contributed by atoms with E-state index < -0.39 is 21.9 Å². The smallest absolute Gasteiger partial charge is 0.310 e. The Morgan fingerprint density at radius 3 is 2.60 bits per heavy atom. The normalized spacial score (nSPS) is 12.5. The standard InChI is InChI=1S/C31H35FN2O5S/c1-7-37-28(35)16-23-12-19(2)20(3)13-27(23)39-18-21-14-22-9-11-38-30(22)25(15-21)24-8-10-33-26(29(24)32)17-34-40(36)31(4,5)6/h8-15,34H,7,16-18H2,1-6H3. The minimum absolute atomic E-state index is 0.0175. The van der Waals surface area contributed by atoms with Crippen molar-refractivity contribution in [3.05, 3.63) is 82.6 Å². The molecule has 0 saturated heterocycles. The number of hydrogen-bond acceptors (Lipinski definition) is 7. The van der Waals surface area contributed by atoms with Crippen molar-refractivity contribution in [3.63, 3.8) is 0 Å². The van der Waals surface area contributed by atoms with Crippen LogP contribution in [0.5, 0.6) is 5.75 Å². The lowest BCUT2D eigenvalue weighted by Gasteiger charge is -2.23. The van der Waals surface area contributed by atoms with Gasteiger partial charge in [-0.2, -0.15) is 0 Å². The van der Waals surface area contributed by atoms with Gasteiger partial charge in [-0.1, -0.05) is 6.07 Å². The van der Waals surface area contributed by atoms with Crippen molar-refractivity contribution < 1.29 is 27.6 Å². The van der Waals surface area contributed by atoms with E-state index in [0.717, 1.165) is 27.6 Å². The summed E-state index contributed by atoms with van der Waals surface area (Å²) in [7, 11) is 0. The highest BCUT2D eigenvalue weighted by molar-refractivity contribution is 7.90. The summed E-state index contributed by atoms with van der Waals surface area (Å²) >= 11 is -1.37. The van der Waals surface area contributed by atoms with Crippen LogP contribution in [0.15, 0.2) is 53.3 Å². The highest BCUT2D eigenvalue weighted by Gasteiger charge is 2.27. The maximum Gasteiger partial charge on any atom is 0.310 e. The molecular weight excluding hydrogens is 531 g/mol. The van der Waals surface area contributed by atoms with Crippen molar-refractivity contribution in [1.82, 2.24) is 9.71 Å². The minimum Gasteiger partial charge on any atom is -0.598 e. The zero-order valence-electron chi connectivity index (χ0n) is 23.7. The van der Waals surface area contributed by atoms with Crippen molar-refractivity contribution in [2.75, 3.05) is 6.61 Å². The number of aryl methyl sites for hydroxylation is 2. The van der Waals surface area contributed by atoms with Crippen molar-refractivity contribution in [2.45, 2.75) is 65.9 Å². The van der Waals surface area contributed by atoms with E-state index >= 15 is 4.39 Å². The molecular formula is C31H35FN2O5S. The second-order valence-electron chi connectivity index (χ2n) is 10.6. The van der Waals surface area contributed by atoms with E-state index in [2.05, 4.69) is 9.71 Å². The Balaban J connectivity index is 1.64. The molecule has 0 bridgehead atoms. The lowest BCUT2D eigenvalue weighted by Crippen LogP contribution is -2.39. The molecule has 0 saturated carbocycles. The number of nitrogens with zero attached hydrogens (tertiary/aromatic N) is 1. The number of ether oxygens (including phenoxy) is 2. The Bertz CT molecular complexity index is 1510. The van der Waals surface area contributed by atoms with Gasteiger partial charge in [0, 0.05) is 39.6 Å². The molecule has 0 aliphatic carbocycles. The van der Waals surface area contributed by atoms with Gasteiger partial charge in [-0.05, 0) is 88.6 Å². The van der Waals surface area contributed by atoms with Gasteiger partial charge in [-0.15, -0.1) is 4.72 Å². The third kappa shape index (κ3) is 6.83. The van der Waals surface area contributed by atoms with Gasteiger partial charge in [0.2, 0.25) is 0 Å². The van der Waals surface area contributed by atoms with Crippen molar-refractivity contribution in [2.24, 2.45) is 0 Å². The first kappa shape index (κ1) is 29.6. The molecule has 0 spiro atoms. The van der Waals surface area contributed by atoms with E-state index in [1.54, 1.807) is 19.3 Å². The van der Waals surface area contributed by atoms with Crippen LogP contribution in [0.4, 0.5) is 4.39 Å². The lowest BCUT2D eigenvalue weighted by molar-refractivity contribution is -0.142. The Morgan fingerprint density at radius 1 is 1.12 bits per heavy atom. The zero-order valence-corrected chi connectivity index (χ0v) is 24.5. The average Bonchev–Trinajstić information content (AvgIpc) is 3.37. The van der Waals surface area contributed by atoms with Crippen LogP contribution in [0.1, 0.15) is 55.6 Å². The number of fused-ring (bicyclic) bond motifs is 1. The minimum atomic E-state index is -1.37. The Hall–Kier alpha value is -3.40. The summed E-state index contributed by atoms with van der Waals surface area (Å²) in [6, 6.07) is 11.1. The van der Waals surface area contributed by atoms with Crippen LogP contribution in [-0.2, 0) is 40.5 Å². The number of carbonyl (C=O) groups excluding carboxylic acids is 1. The molecule has 0 radical (unpaired) electrons. The topological polar surface area (TPSA) is 96.7 Å². The summed E-state index contributed by atoms with van der Waals surface area (Å²) in [6.45, 7) is 11.8. The van der Waals surface area contributed by atoms with E-state index in [1.807, 2.05) is 65.0 Å². The number of furan rings is 1. The van der Waals surface area contributed by atoms with Gasteiger partial charge < -0.3 is 18.4 Å². The maximum absolute atomic E-state index is 15.7. The second kappa shape index (κ2) is 12.4. The highest BCUT2D eigenvalue weighted by atomic mass is 32.2. The molecule has 7 nitrogen and oxygen atoms in total. The van der Waals surface area contributed by atoms with Crippen molar-refractivity contribution in [3.8, 4) is 16.9 Å². The van der Waals surface area contributed by atoms with Crippen LogP contribution in [0.3, 0.4) is 0 Å². The Labute approximate surface area is 237 Å². The first-order valence-electron chi connectivity index (χ1n) is 13.2. The predicted octanol–water partition coefficient (Wildman–Crippen LogP) is 6.49. The Morgan fingerprint density at radius 2 is 1.88 bits per heavy atom. The van der Waals surface area contributed by atoms with Crippen LogP contribution < -0.4 is 9.46 Å². The van der Waals surface area contributed by atoms with Crippen LogP contribution >= 0.6 is 0 Å². The van der Waals surface area contributed by atoms with Crippen LogP contribution in [-0.4, -0.2) is 26.9 Å². The fourth-order valence-corrected chi connectivity index (χ4v) is 4.95. The van der Waals surface area contributed by atoms with Crippen LogP contribution in [0, 0.1) is 19.7 Å². The highest BCUT2D eigenvalue weighted by Crippen LogP contribution is 2.34. The SMILES string of the molecule is CCOC(=O)Cc1cc(C)c(C)cc1OCc1cc(-c2ccnc(CN[S+]([O-])C(C)(C)C)c2F)c2occc2c1. The van der Waals surface area contributed by atoms with E-state index in [4.69, 9.17) is 13.9 Å². The van der Waals surface area contributed by atoms with Gasteiger partial charge in [0.15, 0.2) is 5.82 Å². The molecule has 212 valence electrons. The number of aromatic nitrogens is 1. The maximum atomic E-state index is 15.7. The number of carbonyl (C=O) groups is 1. The molecule has 9 heteroatoms. The zero-order chi connectivity index (χ0) is 29.0. The van der Waals surface area contributed by atoms with E-state index in [-0.39, 0.29) is 31.2 Å². The summed E-state index contributed by atoms with van der Waals surface area (Å²) < 4.78 is 47.6. The quantitative estimate of drug-likeness (QED) is 0.173. The van der Waals surface area contributed by atoms with Gasteiger partial charge in [0.05, 0.1) is 31.5 Å². The number of rotatable bonds is 10. The molecule has 40 heavy (non-hydrogen) atoms. The molecule has 1 unspecified atom stereocenters. The molecule has 4 rings (SSSR count). The largest absolute Gasteiger partial charge is 0.598 e. The Kier molecular flexibility index (Phi) is 9.18. The molecule has 2 aromatic carbocycles. The molecule has 0 amide bonds. The van der Waals surface area contributed by atoms with Crippen LogP contribution in [0.2, 0.25) is 0 Å². The number of pyridine rings is 1. The molecule has 2 aromatic heterocycles. The van der Waals surface area contributed by atoms with Crippen molar-refractivity contribution >= 4 is 28.3 Å². The van der Waals surface area contributed by atoms with Gasteiger partial charge in [0.25, 0.3) is 0 Å². The molecule has 1 N–H and O–H groups in total. The van der Waals surface area contributed by atoms with E-state index in [1.165, 1.54) is 6.20 Å². The summed E-state index contributed by atoms with van der Waals surface area (Å²) in [6.07, 6.45) is 3.20. The molecule has 2 heterocycles. The second-order valence-corrected chi connectivity index (χ2v) is 12.7. The van der Waals surface area contributed by atoms with Crippen molar-refractivity contribution in [1.29, 1.82) is 0 Å². The fourth-order valence-electron chi connectivity index (χ4n) is 4.25. The van der Waals surface area contributed by atoms with Gasteiger partial charge in [0.1, 0.15) is 22.7 Å². The molecule has 0 fully saturated rings. The number of esters is 1. The number of benzene rings is 2. The fraction of sp³-hybridized carbons (Fsp3) is 0.355. The first-order valence-corrected chi connectivity index (χ1v) is 14.3. The number of nitrogens with one attached hydrogen (secondary N) is 1. The van der Waals surface area contributed by atoms with Gasteiger partial charge in [-0.25, -0.2) is 4.39 Å². The van der Waals surface area contributed by atoms with Crippen LogP contribution in [0.25, 0.3) is 22.1 Å². The average molecular weight is 567 g/mol. The summed E-state index contributed by atoms with van der Waals surface area (Å²) in [5, 5.41) is 0.799. The number of halogens is 1. The summed E-state index contributed by atoms with van der Waals surface area (Å²) in [4.78, 5) is 16.4. The monoisotopic (exact) mass is 566 g/mol. The first-order chi connectivity index (χ1) is 19.0. The third-order valence-corrected chi connectivity index (χ3v) is 8.02. The molecule has 1 atom stereocenters. The predicted molar refractivity (Wildman–Crippen MR) is 155 cm³/mol. The van der Waals surface area contributed by atoms with Gasteiger partial charge in [-0.3, -0.25) is 9.78 Å². The molecule has 0 aliphatic rings. The van der Waals surface area contributed by atoms with E-state index in [9.17, 15) is 9.35 Å². The van der Waals surface area contributed by atoms with Gasteiger partial charge >= 0.3 is 5.97 Å². The number of hydrogen-bond donors (Lipinski definition) is 1.